The van der Waals surface area contributed by atoms with Crippen molar-refractivity contribution in [2.24, 2.45) is 5.92 Å². The van der Waals surface area contributed by atoms with E-state index in [0.717, 1.165) is 18.7 Å². The number of hydrogen-bond donors (Lipinski definition) is 0. The van der Waals surface area contributed by atoms with Crippen LogP contribution >= 0.6 is 11.8 Å². The Kier molecular flexibility index (Phi) is 2.52. The van der Waals surface area contributed by atoms with Gasteiger partial charge in [-0.15, -0.1) is 11.8 Å². The van der Waals surface area contributed by atoms with E-state index in [2.05, 4.69) is 35.2 Å². The minimum atomic E-state index is 0.276. The molecular formula is C15H17NOS. The Bertz CT molecular complexity index is 475. The number of hydrogen-bond acceptors (Lipinski definition) is 3. The molecule has 1 aromatic rings. The lowest BCUT2D eigenvalue weighted by molar-refractivity contribution is -0.121. The molecule has 3 fully saturated rings. The van der Waals surface area contributed by atoms with Gasteiger partial charge in [0.25, 0.3) is 0 Å². The van der Waals surface area contributed by atoms with Crippen molar-refractivity contribution >= 4 is 17.5 Å². The molecule has 94 valence electrons. The largest absolute Gasteiger partial charge is 0.299 e. The number of thioether (sulfide) groups is 1. The SMILES string of the molecule is O=C1CC[C@@H]2[C@H]1[C@@H](c1ccccc1)[C@H]1CSCN21. The third-order valence-electron chi connectivity index (χ3n) is 4.84. The van der Waals surface area contributed by atoms with E-state index >= 15 is 0 Å². The molecule has 1 saturated carbocycles. The zero-order valence-electron chi connectivity index (χ0n) is 10.3. The van der Waals surface area contributed by atoms with Crippen LogP contribution in [0.3, 0.4) is 0 Å². The molecule has 0 bridgehead atoms. The first-order valence-corrected chi connectivity index (χ1v) is 7.93. The number of carbonyl (C=O) groups excluding carboxylic acids is 1. The molecule has 0 amide bonds. The van der Waals surface area contributed by atoms with Gasteiger partial charge >= 0.3 is 0 Å². The molecule has 2 saturated heterocycles. The van der Waals surface area contributed by atoms with E-state index < -0.39 is 0 Å². The number of ketones is 1. The van der Waals surface area contributed by atoms with Gasteiger partial charge in [0.2, 0.25) is 0 Å². The van der Waals surface area contributed by atoms with E-state index in [-0.39, 0.29) is 5.92 Å². The molecule has 4 atom stereocenters. The summed E-state index contributed by atoms with van der Waals surface area (Å²) >= 11 is 2.03. The molecular weight excluding hydrogens is 242 g/mol. The summed E-state index contributed by atoms with van der Waals surface area (Å²) in [6.45, 7) is 0. The summed E-state index contributed by atoms with van der Waals surface area (Å²) < 4.78 is 0. The van der Waals surface area contributed by atoms with Crippen LogP contribution in [0.1, 0.15) is 24.3 Å². The smallest absolute Gasteiger partial charge is 0.138 e. The Balaban J connectivity index is 1.78. The van der Waals surface area contributed by atoms with Crippen LogP contribution < -0.4 is 0 Å². The molecule has 4 rings (SSSR count). The number of Topliss-reactive ketones (excluding diaryl/α,β-unsaturated/α-hetero) is 1. The Labute approximate surface area is 112 Å². The Hall–Kier alpha value is -0.800. The summed E-state index contributed by atoms with van der Waals surface area (Å²) in [7, 11) is 0. The molecule has 0 N–H and O–H groups in total. The minimum Gasteiger partial charge on any atom is -0.299 e. The van der Waals surface area contributed by atoms with Crippen LogP contribution in [0, 0.1) is 5.92 Å². The van der Waals surface area contributed by atoms with Gasteiger partial charge in [-0.1, -0.05) is 30.3 Å². The number of fused-ring (bicyclic) bond motifs is 3. The lowest BCUT2D eigenvalue weighted by Gasteiger charge is -2.22. The molecule has 1 aromatic carbocycles. The maximum Gasteiger partial charge on any atom is 0.138 e. The minimum absolute atomic E-state index is 0.276. The molecule has 2 heterocycles. The van der Waals surface area contributed by atoms with Gasteiger partial charge in [-0.25, -0.2) is 0 Å². The summed E-state index contributed by atoms with van der Waals surface area (Å²) in [5, 5.41) is 0. The van der Waals surface area contributed by atoms with Crippen LogP contribution in [0.5, 0.6) is 0 Å². The van der Waals surface area contributed by atoms with Crippen LogP contribution in [-0.4, -0.2) is 34.4 Å². The summed E-state index contributed by atoms with van der Waals surface area (Å²) in [6, 6.07) is 11.8. The van der Waals surface area contributed by atoms with Gasteiger partial charge in [0.15, 0.2) is 0 Å². The van der Waals surface area contributed by atoms with Crippen LogP contribution in [-0.2, 0) is 4.79 Å². The molecule has 2 aliphatic heterocycles. The van der Waals surface area contributed by atoms with Crippen molar-refractivity contribution in [3.05, 3.63) is 35.9 Å². The highest BCUT2D eigenvalue weighted by Crippen LogP contribution is 2.51. The van der Waals surface area contributed by atoms with Crippen LogP contribution in [0.15, 0.2) is 30.3 Å². The standard InChI is InChI=1S/C15H17NOS/c17-13-7-6-11-15(13)14(10-4-2-1-3-5-10)12-8-18-9-16(11)12/h1-5,11-12,14-15H,6-9H2/t11-,12-,14+,15-/m1/s1. The second-order valence-electron chi connectivity index (χ2n) is 5.62. The van der Waals surface area contributed by atoms with Crippen LogP contribution in [0.4, 0.5) is 0 Å². The lowest BCUT2D eigenvalue weighted by Crippen LogP contribution is -2.32. The van der Waals surface area contributed by atoms with Crippen molar-refractivity contribution in [3.8, 4) is 0 Å². The van der Waals surface area contributed by atoms with Gasteiger partial charge in [-0.2, -0.15) is 0 Å². The maximum absolute atomic E-state index is 12.2. The van der Waals surface area contributed by atoms with E-state index in [1.54, 1.807) is 0 Å². The summed E-state index contributed by atoms with van der Waals surface area (Å²) in [4.78, 5) is 14.8. The highest BCUT2D eigenvalue weighted by atomic mass is 32.2. The third-order valence-corrected chi connectivity index (χ3v) is 5.90. The first-order chi connectivity index (χ1) is 8.86. The predicted molar refractivity (Wildman–Crippen MR) is 73.7 cm³/mol. The lowest BCUT2D eigenvalue weighted by atomic mass is 9.82. The molecule has 0 radical (unpaired) electrons. The molecule has 0 spiro atoms. The molecule has 2 nitrogen and oxygen atoms in total. The topological polar surface area (TPSA) is 20.3 Å². The van der Waals surface area contributed by atoms with Crippen molar-refractivity contribution in [2.75, 3.05) is 11.6 Å². The van der Waals surface area contributed by atoms with Crippen molar-refractivity contribution in [1.29, 1.82) is 0 Å². The Morgan fingerprint density at radius 2 is 1.94 bits per heavy atom. The number of carbonyl (C=O) groups is 1. The van der Waals surface area contributed by atoms with E-state index in [4.69, 9.17) is 0 Å². The highest BCUT2D eigenvalue weighted by Gasteiger charge is 2.56. The molecule has 1 aliphatic carbocycles. The Morgan fingerprint density at radius 3 is 2.78 bits per heavy atom. The summed E-state index contributed by atoms with van der Waals surface area (Å²) in [5.41, 5.74) is 1.37. The number of nitrogens with zero attached hydrogens (tertiary/aromatic N) is 1. The van der Waals surface area contributed by atoms with Gasteiger partial charge < -0.3 is 0 Å². The molecule has 0 aromatic heterocycles. The van der Waals surface area contributed by atoms with Gasteiger partial charge in [0.1, 0.15) is 5.78 Å². The molecule has 18 heavy (non-hydrogen) atoms. The quantitative estimate of drug-likeness (QED) is 0.773. The molecule has 0 unspecified atom stereocenters. The first kappa shape index (κ1) is 11.1. The van der Waals surface area contributed by atoms with E-state index in [0.29, 0.717) is 23.8 Å². The van der Waals surface area contributed by atoms with Gasteiger partial charge in [-0.05, 0) is 12.0 Å². The van der Waals surface area contributed by atoms with Crippen molar-refractivity contribution in [2.45, 2.75) is 30.8 Å². The van der Waals surface area contributed by atoms with Gasteiger partial charge in [-0.3, -0.25) is 9.69 Å². The van der Waals surface area contributed by atoms with Crippen molar-refractivity contribution in [3.63, 3.8) is 0 Å². The summed E-state index contributed by atoms with van der Waals surface area (Å²) in [6.07, 6.45) is 1.89. The molecule has 3 aliphatic rings. The van der Waals surface area contributed by atoms with E-state index in [1.165, 1.54) is 11.3 Å². The normalized spacial score (nSPS) is 39.0. The van der Waals surface area contributed by atoms with E-state index in [1.807, 2.05) is 11.8 Å². The molecule has 3 heteroatoms. The van der Waals surface area contributed by atoms with E-state index in [9.17, 15) is 4.79 Å². The highest BCUT2D eigenvalue weighted by molar-refractivity contribution is 7.99. The average Bonchev–Trinajstić information content (AvgIpc) is 3.04. The average molecular weight is 259 g/mol. The third kappa shape index (κ3) is 1.44. The second kappa shape index (κ2) is 4.10. The van der Waals surface area contributed by atoms with Gasteiger partial charge in [0.05, 0.1) is 0 Å². The fourth-order valence-corrected chi connectivity index (χ4v) is 5.47. The number of benzene rings is 1. The summed E-state index contributed by atoms with van der Waals surface area (Å²) in [5.74, 6) is 3.55. The monoisotopic (exact) mass is 259 g/mol. The van der Waals surface area contributed by atoms with Crippen molar-refractivity contribution < 1.29 is 4.79 Å². The number of rotatable bonds is 1. The predicted octanol–water partition coefficient (Wildman–Crippen LogP) is 2.51. The second-order valence-corrected chi connectivity index (χ2v) is 6.62. The fraction of sp³-hybridized carbons (Fsp3) is 0.533. The first-order valence-electron chi connectivity index (χ1n) is 6.77. The zero-order chi connectivity index (χ0) is 12.1. The van der Waals surface area contributed by atoms with Crippen LogP contribution in [0.2, 0.25) is 0 Å². The van der Waals surface area contributed by atoms with Gasteiger partial charge in [0, 0.05) is 42.0 Å². The zero-order valence-corrected chi connectivity index (χ0v) is 11.1. The van der Waals surface area contributed by atoms with Crippen molar-refractivity contribution in [1.82, 2.24) is 4.90 Å². The van der Waals surface area contributed by atoms with Crippen LogP contribution in [0.25, 0.3) is 0 Å². The fourth-order valence-electron chi connectivity index (χ4n) is 4.13. The maximum atomic E-state index is 12.2. The Morgan fingerprint density at radius 1 is 1.11 bits per heavy atom.